The summed E-state index contributed by atoms with van der Waals surface area (Å²) in [5.74, 6) is 0.743. The van der Waals surface area contributed by atoms with Crippen LogP contribution in [0.5, 0.6) is 0 Å². The van der Waals surface area contributed by atoms with Crippen molar-refractivity contribution in [1.82, 2.24) is 0 Å². The van der Waals surface area contributed by atoms with Gasteiger partial charge in [-0.3, -0.25) is 0 Å². The van der Waals surface area contributed by atoms with Crippen molar-refractivity contribution in [2.45, 2.75) is 58.4 Å². The van der Waals surface area contributed by atoms with Crippen molar-refractivity contribution in [2.75, 3.05) is 0 Å². The lowest BCUT2D eigenvalue weighted by atomic mass is 9.76. The molecule has 0 radical (unpaired) electrons. The molecule has 0 amide bonds. The van der Waals surface area contributed by atoms with Crippen LogP contribution in [0.25, 0.3) is 0 Å². The molecule has 0 bridgehead atoms. The number of nitrogens with two attached hydrogens (primary N) is 1. The summed E-state index contributed by atoms with van der Waals surface area (Å²) >= 11 is 0. The van der Waals surface area contributed by atoms with E-state index in [2.05, 4.69) is 20.4 Å². The Morgan fingerprint density at radius 3 is 2.79 bits per heavy atom. The minimum absolute atomic E-state index is 0.410. The van der Waals surface area contributed by atoms with Crippen LogP contribution in [0.4, 0.5) is 0 Å². The first-order chi connectivity index (χ1) is 6.58. The van der Waals surface area contributed by atoms with E-state index >= 15 is 0 Å². The van der Waals surface area contributed by atoms with Crippen LogP contribution in [-0.4, -0.2) is 6.04 Å². The zero-order valence-electron chi connectivity index (χ0n) is 9.76. The third-order valence-electron chi connectivity index (χ3n) is 3.80. The SMILES string of the molecule is C=CCCCC(N)C1CCCC1(C)C. The molecule has 1 nitrogen and oxygen atoms in total. The van der Waals surface area contributed by atoms with Crippen molar-refractivity contribution in [3.8, 4) is 0 Å². The molecule has 1 aliphatic carbocycles. The van der Waals surface area contributed by atoms with E-state index in [4.69, 9.17) is 5.73 Å². The van der Waals surface area contributed by atoms with Crippen molar-refractivity contribution < 1.29 is 0 Å². The first-order valence-electron chi connectivity index (χ1n) is 5.94. The highest BCUT2D eigenvalue weighted by atomic mass is 14.7. The lowest BCUT2D eigenvalue weighted by molar-refractivity contribution is 0.213. The van der Waals surface area contributed by atoms with E-state index in [1.165, 1.54) is 32.1 Å². The average molecular weight is 195 g/mol. The van der Waals surface area contributed by atoms with Gasteiger partial charge >= 0.3 is 0 Å². The highest BCUT2D eigenvalue weighted by Gasteiger charge is 2.37. The second kappa shape index (κ2) is 4.97. The number of allylic oxidation sites excluding steroid dienone is 1. The topological polar surface area (TPSA) is 26.0 Å². The molecule has 82 valence electrons. The molecule has 1 aliphatic rings. The van der Waals surface area contributed by atoms with E-state index in [0.29, 0.717) is 11.5 Å². The fourth-order valence-corrected chi connectivity index (χ4v) is 2.85. The maximum absolute atomic E-state index is 6.26. The van der Waals surface area contributed by atoms with Crippen LogP contribution >= 0.6 is 0 Å². The molecule has 1 fully saturated rings. The highest BCUT2D eigenvalue weighted by Crippen LogP contribution is 2.44. The Morgan fingerprint density at radius 2 is 2.29 bits per heavy atom. The van der Waals surface area contributed by atoms with Crippen molar-refractivity contribution in [3.63, 3.8) is 0 Å². The molecule has 0 heterocycles. The van der Waals surface area contributed by atoms with Crippen LogP contribution < -0.4 is 5.73 Å². The number of unbranched alkanes of at least 4 members (excludes halogenated alkanes) is 1. The van der Waals surface area contributed by atoms with E-state index in [0.717, 1.165) is 12.3 Å². The molecule has 0 saturated heterocycles. The van der Waals surface area contributed by atoms with Gasteiger partial charge in [0.25, 0.3) is 0 Å². The van der Waals surface area contributed by atoms with Crippen molar-refractivity contribution in [1.29, 1.82) is 0 Å². The van der Waals surface area contributed by atoms with Gasteiger partial charge in [0.2, 0.25) is 0 Å². The Morgan fingerprint density at radius 1 is 1.57 bits per heavy atom. The first-order valence-corrected chi connectivity index (χ1v) is 5.94. The molecule has 0 aromatic carbocycles. The van der Waals surface area contributed by atoms with Crippen LogP contribution in [0.3, 0.4) is 0 Å². The molecule has 2 atom stereocenters. The molecule has 1 heteroatoms. The fourth-order valence-electron chi connectivity index (χ4n) is 2.85. The maximum Gasteiger partial charge on any atom is 0.00723 e. The Balaban J connectivity index is 2.36. The molecule has 2 N–H and O–H groups in total. The third-order valence-corrected chi connectivity index (χ3v) is 3.80. The fraction of sp³-hybridized carbons (Fsp3) is 0.846. The summed E-state index contributed by atoms with van der Waals surface area (Å²) in [5, 5.41) is 0. The average Bonchev–Trinajstić information content (AvgIpc) is 2.45. The normalized spacial score (nSPS) is 27.5. The van der Waals surface area contributed by atoms with Gasteiger partial charge in [-0.25, -0.2) is 0 Å². The highest BCUT2D eigenvalue weighted by molar-refractivity contribution is 4.90. The van der Waals surface area contributed by atoms with Crippen LogP contribution in [0, 0.1) is 11.3 Å². The largest absolute Gasteiger partial charge is 0.327 e. The van der Waals surface area contributed by atoms with Crippen molar-refractivity contribution in [2.24, 2.45) is 17.1 Å². The summed E-state index contributed by atoms with van der Waals surface area (Å²) in [6.07, 6.45) is 9.53. The van der Waals surface area contributed by atoms with E-state index in [1.807, 2.05) is 6.08 Å². The summed E-state index contributed by atoms with van der Waals surface area (Å²) in [6, 6.07) is 0.410. The van der Waals surface area contributed by atoms with Gasteiger partial charge in [-0.05, 0) is 43.4 Å². The zero-order chi connectivity index (χ0) is 10.6. The van der Waals surface area contributed by atoms with Gasteiger partial charge in [0.15, 0.2) is 0 Å². The van der Waals surface area contributed by atoms with E-state index in [-0.39, 0.29) is 0 Å². The molecule has 0 spiro atoms. The summed E-state index contributed by atoms with van der Waals surface area (Å²) < 4.78 is 0. The lowest BCUT2D eigenvalue weighted by Gasteiger charge is -2.32. The van der Waals surface area contributed by atoms with Gasteiger partial charge in [0.1, 0.15) is 0 Å². The van der Waals surface area contributed by atoms with Crippen molar-refractivity contribution in [3.05, 3.63) is 12.7 Å². The van der Waals surface area contributed by atoms with Crippen LogP contribution in [0.15, 0.2) is 12.7 Å². The van der Waals surface area contributed by atoms with E-state index < -0.39 is 0 Å². The Kier molecular flexibility index (Phi) is 4.18. The Hall–Kier alpha value is -0.300. The molecular weight excluding hydrogens is 170 g/mol. The molecule has 1 saturated carbocycles. The molecule has 2 unspecified atom stereocenters. The number of hydrogen-bond acceptors (Lipinski definition) is 1. The Labute approximate surface area is 88.8 Å². The van der Waals surface area contributed by atoms with E-state index in [1.54, 1.807) is 0 Å². The molecule has 14 heavy (non-hydrogen) atoms. The van der Waals surface area contributed by atoms with Crippen LogP contribution in [-0.2, 0) is 0 Å². The Bertz CT molecular complexity index is 184. The minimum atomic E-state index is 0.410. The molecular formula is C13H25N. The quantitative estimate of drug-likeness (QED) is 0.527. The van der Waals surface area contributed by atoms with Gasteiger partial charge in [0.05, 0.1) is 0 Å². The van der Waals surface area contributed by atoms with Crippen LogP contribution in [0.1, 0.15) is 52.4 Å². The maximum atomic E-state index is 6.26. The molecule has 0 aliphatic heterocycles. The monoisotopic (exact) mass is 195 g/mol. The zero-order valence-corrected chi connectivity index (χ0v) is 9.76. The summed E-state index contributed by atoms with van der Waals surface area (Å²) in [6.45, 7) is 8.49. The smallest absolute Gasteiger partial charge is 0.00723 e. The van der Waals surface area contributed by atoms with Crippen LogP contribution in [0.2, 0.25) is 0 Å². The minimum Gasteiger partial charge on any atom is -0.327 e. The standard InChI is InChI=1S/C13H25N/c1-4-5-6-9-12(14)11-8-7-10-13(11,2)3/h4,11-12H,1,5-10,14H2,2-3H3. The second-order valence-corrected chi connectivity index (χ2v) is 5.37. The van der Waals surface area contributed by atoms with Gasteiger partial charge in [-0.15, -0.1) is 6.58 Å². The van der Waals surface area contributed by atoms with Gasteiger partial charge in [-0.1, -0.05) is 26.3 Å². The van der Waals surface area contributed by atoms with Gasteiger partial charge in [-0.2, -0.15) is 0 Å². The molecule has 0 aromatic heterocycles. The predicted molar refractivity (Wildman–Crippen MR) is 63.1 cm³/mol. The van der Waals surface area contributed by atoms with E-state index in [9.17, 15) is 0 Å². The number of hydrogen-bond donors (Lipinski definition) is 1. The second-order valence-electron chi connectivity index (χ2n) is 5.37. The third kappa shape index (κ3) is 2.84. The number of rotatable bonds is 5. The summed E-state index contributed by atoms with van der Waals surface area (Å²) in [4.78, 5) is 0. The lowest BCUT2D eigenvalue weighted by Crippen LogP contribution is -2.36. The van der Waals surface area contributed by atoms with Gasteiger partial charge in [0, 0.05) is 6.04 Å². The first kappa shape index (κ1) is 11.8. The summed E-state index contributed by atoms with van der Waals surface area (Å²) in [7, 11) is 0. The summed E-state index contributed by atoms with van der Waals surface area (Å²) in [5.41, 5.74) is 6.74. The van der Waals surface area contributed by atoms with Gasteiger partial charge < -0.3 is 5.73 Å². The molecule has 1 rings (SSSR count). The van der Waals surface area contributed by atoms with Crippen molar-refractivity contribution >= 4 is 0 Å². The predicted octanol–water partition coefficient (Wildman–Crippen LogP) is 3.50. The molecule has 0 aromatic rings.